The molecule has 124 heavy (non-hydrogen) atoms. The lowest BCUT2D eigenvalue weighted by molar-refractivity contribution is -0.122. The molecule has 4 aromatic carbocycles. The maximum absolute atomic E-state index is 12.5. The predicted molar refractivity (Wildman–Crippen MR) is 468 cm³/mol. The Morgan fingerprint density at radius 3 is 0.790 bits per heavy atom. The van der Waals surface area contributed by atoms with E-state index in [0.717, 1.165) is 55.4 Å². The molecule has 1 amide bonds. The number of amides is 1. The first-order chi connectivity index (χ1) is 61.6. The van der Waals surface area contributed by atoms with Crippen molar-refractivity contribution in [2.45, 2.75) is 50.4 Å². The van der Waals surface area contributed by atoms with Crippen molar-refractivity contribution >= 4 is 5.91 Å². The zero-order valence-electron chi connectivity index (χ0n) is 74.7. The molecule has 0 atom stereocenters. The lowest BCUT2D eigenvalue weighted by Gasteiger charge is -2.33. The van der Waals surface area contributed by atoms with Crippen molar-refractivity contribution in [1.82, 2.24) is 5.32 Å². The molecule has 0 saturated carbocycles. The van der Waals surface area contributed by atoms with Crippen molar-refractivity contribution in [1.29, 1.82) is 0 Å². The fourth-order valence-corrected chi connectivity index (χ4v) is 12.5. The average Bonchev–Trinajstić information content (AvgIpc) is 1.56. The van der Waals surface area contributed by atoms with Gasteiger partial charge in [0.2, 0.25) is 5.91 Å². The van der Waals surface area contributed by atoms with E-state index in [0.29, 0.717) is 376 Å². The molecule has 3 N–H and O–H groups in total. The molecule has 4 aromatic rings. The van der Waals surface area contributed by atoms with Crippen LogP contribution in [-0.2, 0) is 143 Å². The van der Waals surface area contributed by atoms with Crippen LogP contribution in [0.1, 0.15) is 56.1 Å². The molecular weight excluding hydrogens is 1610 g/mol. The first-order valence-electron chi connectivity index (χ1n) is 44.6. The van der Waals surface area contributed by atoms with Crippen molar-refractivity contribution < 1.29 is 142 Å². The van der Waals surface area contributed by atoms with Crippen LogP contribution in [0.4, 0.5) is 0 Å². The summed E-state index contributed by atoms with van der Waals surface area (Å²) in [4.78, 5) is 12.5. The first kappa shape index (κ1) is 110. The van der Waals surface area contributed by atoms with Crippen molar-refractivity contribution in [3.05, 3.63) is 102 Å². The Bertz CT molecular complexity index is 2980. The number of nitrogens with one attached hydrogen (secondary N) is 1. The van der Waals surface area contributed by atoms with E-state index in [4.69, 9.17) is 143 Å². The third-order valence-corrected chi connectivity index (χ3v) is 18.8. The summed E-state index contributed by atoms with van der Waals surface area (Å²) >= 11 is 0. The first-order valence-corrected chi connectivity index (χ1v) is 44.6. The summed E-state index contributed by atoms with van der Waals surface area (Å²) < 4.78 is 161. The molecule has 0 radical (unpaired) electrons. The van der Waals surface area contributed by atoms with E-state index in [1.54, 1.807) is 14.2 Å². The van der Waals surface area contributed by atoms with Gasteiger partial charge in [0.25, 0.3) is 0 Å². The highest BCUT2D eigenvalue weighted by Crippen LogP contribution is 2.55. The number of ether oxygens (including phenoxy) is 29. The van der Waals surface area contributed by atoms with Crippen LogP contribution in [0, 0.1) is 0 Å². The summed E-state index contributed by atoms with van der Waals surface area (Å²) in [5, 5.41) is 2.99. The van der Waals surface area contributed by atoms with Crippen LogP contribution in [0.15, 0.2) is 91.0 Å². The molecule has 0 bridgehead atoms. The number of rotatable bonds is 96. The zero-order valence-corrected chi connectivity index (χ0v) is 74.7. The van der Waals surface area contributed by atoms with Crippen molar-refractivity contribution in [2.75, 3.05) is 391 Å². The van der Waals surface area contributed by atoms with Gasteiger partial charge in [-0.25, -0.2) is 0 Å². The Labute approximate surface area is 738 Å². The molecule has 5 rings (SSSR count). The molecule has 32 heteroatoms. The SMILES string of the molecule is COCCOCCCC1(CCCOCCOC)c2cc(-c3ccccc3)ccc2-c2ccc(-c3ccc(OCCCCNC(=O)CCOCCOCCOCCOCCOCCOCCOCCOCCOCCOCCOCCOCCOCCOCCOCCOCCOCCOCCOCCOCCOCCOCCOCCOCCN)cc3)cc21. The minimum Gasteiger partial charge on any atom is -0.494 e. The number of carbonyl (C=O) groups excluding carboxylic acids is 1. The fourth-order valence-electron chi connectivity index (χ4n) is 12.5. The summed E-state index contributed by atoms with van der Waals surface area (Å²) in [5.41, 5.74) is 15.1. The monoisotopic (exact) mass is 1770 g/mol. The standard InChI is InChI=1S/C92H152N2O30/c1-96-30-32-98-25-8-21-92(22-9-26-99-33-31-97-2)89-80-84(82-10-4-3-5-11-82)14-18-87(89)88-19-15-85(81-90(88)92)83-12-16-86(17-13-83)124-27-7-6-24-94-91(95)20-28-100-34-36-102-38-40-104-42-44-106-46-48-108-50-52-110-54-56-112-58-60-114-62-64-116-66-68-118-70-72-120-74-76-122-78-79-123-77-75-121-73-71-119-69-67-117-65-63-115-61-59-113-57-55-111-53-51-109-49-47-107-45-43-105-41-39-103-37-35-101-29-23-93/h3-5,10-19,80-81H,6-9,20-79,93H2,1-2H3,(H,94,95). The highest BCUT2D eigenvalue weighted by Gasteiger charge is 2.43. The van der Waals surface area contributed by atoms with Crippen LogP contribution < -0.4 is 15.8 Å². The third kappa shape index (κ3) is 57.8. The molecule has 1 aliphatic carbocycles. The maximum atomic E-state index is 12.5. The number of fused-ring (bicyclic) bond motifs is 3. The van der Waals surface area contributed by atoms with Gasteiger partial charge in [0.05, 0.1) is 350 Å². The highest BCUT2D eigenvalue weighted by atomic mass is 16.6. The summed E-state index contributed by atoms with van der Waals surface area (Å²) in [5.74, 6) is 0.772. The number of carbonyl (C=O) groups is 1. The average molecular weight is 1770 g/mol. The molecule has 0 unspecified atom stereocenters. The Morgan fingerprint density at radius 2 is 0.508 bits per heavy atom. The molecule has 0 heterocycles. The van der Waals surface area contributed by atoms with E-state index in [2.05, 4.69) is 84.2 Å². The van der Waals surface area contributed by atoms with Gasteiger partial charge in [0.15, 0.2) is 0 Å². The number of methoxy groups -OCH3 is 2. The number of hydrogen-bond acceptors (Lipinski definition) is 31. The Morgan fingerprint density at radius 1 is 0.258 bits per heavy atom. The van der Waals surface area contributed by atoms with Crippen molar-refractivity contribution in [2.24, 2.45) is 5.73 Å². The van der Waals surface area contributed by atoms with Gasteiger partial charge in [0, 0.05) is 52.4 Å². The Kier molecular flexibility index (Phi) is 72.8. The molecule has 0 saturated heterocycles. The maximum Gasteiger partial charge on any atom is 0.222 e. The second-order valence-electron chi connectivity index (χ2n) is 28.1. The second kappa shape index (κ2) is 82.4. The van der Waals surface area contributed by atoms with Crippen LogP contribution in [0.2, 0.25) is 0 Å². The number of nitrogens with two attached hydrogens (primary N) is 1. The van der Waals surface area contributed by atoms with Gasteiger partial charge in [-0.3, -0.25) is 4.79 Å². The predicted octanol–water partition coefficient (Wildman–Crippen LogP) is 8.20. The van der Waals surface area contributed by atoms with Crippen LogP contribution in [-0.4, -0.2) is 397 Å². The van der Waals surface area contributed by atoms with E-state index < -0.39 is 0 Å². The van der Waals surface area contributed by atoms with Crippen LogP contribution in [0.5, 0.6) is 5.75 Å². The van der Waals surface area contributed by atoms with E-state index in [1.165, 1.54) is 33.4 Å². The zero-order chi connectivity index (χ0) is 87.3. The van der Waals surface area contributed by atoms with Crippen LogP contribution >= 0.6 is 0 Å². The number of unbranched alkanes of at least 4 members (excludes halogenated alkanes) is 1. The molecule has 0 spiro atoms. The smallest absolute Gasteiger partial charge is 0.222 e. The van der Waals surface area contributed by atoms with Gasteiger partial charge in [-0.2, -0.15) is 0 Å². The number of hydrogen-bond donors (Lipinski definition) is 2. The molecule has 0 aliphatic heterocycles. The Hall–Kier alpha value is -5.01. The minimum absolute atomic E-state index is 0.0416. The quantitative estimate of drug-likeness (QED) is 0.0393. The van der Waals surface area contributed by atoms with Gasteiger partial charge in [-0.1, -0.05) is 66.7 Å². The lowest BCUT2D eigenvalue weighted by atomic mass is 9.70. The van der Waals surface area contributed by atoms with Crippen LogP contribution in [0.25, 0.3) is 33.4 Å². The van der Waals surface area contributed by atoms with E-state index in [9.17, 15) is 4.79 Å². The fraction of sp³-hybridized carbons (Fsp3) is 0.728. The summed E-state index contributed by atoms with van der Waals surface area (Å²) in [6.45, 7) is 28.1. The summed E-state index contributed by atoms with van der Waals surface area (Å²) in [7, 11) is 3.41. The Balaban J connectivity index is 0.671. The van der Waals surface area contributed by atoms with Gasteiger partial charge in [-0.05, 0) is 107 Å². The van der Waals surface area contributed by atoms with Gasteiger partial charge < -0.3 is 148 Å². The third-order valence-electron chi connectivity index (χ3n) is 18.8. The van der Waals surface area contributed by atoms with E-state index in [1.807, 2.05) is 12.1 Å². The van der Waals surface area contributed by atoms with Gasteiger partial charge in [-0.15, -0.1) is 0 Å². The molecule has 0 fully saturated rings. The summed E-state index contributed by atoms with van der Waals surface area (Å²) in [6.07, 6.45) is 5.58. The number of benzene rings is 4. The van der Waals surface area contributed by atoms with Gasteiger partial charge in [0.1, 0.15) is 5.75 Å². The normalized spacial score (nSPS) is 12.3. The molecule has 32 nitrogen and oxygen atoms in total. The molecule has 1 aliphatic rings. The summed E-state index contributed by atoms with van der Waals surface area (Å²) in [6, 6.07) is 33.0. The van der Waals surface area contributed by atoms with Crippen molar-refractivity contribution in [3.8, 4) is 39.1 Å². The van der Waals surface area contributed by atoms with Crippen molar-refractivity contribution in [3.63, 3.8) is 0 Å². The van der Waals surface area contributed by atoms with Crippen LogP contribution in [0.3, 0.4) is 0 Å². The second-order valence-corrected chi connectivity index (χ2v) is 28.1. The minimum atomic E-state index is -0.237. The van der Waals surface area contributed by atoms with Gasteiger partial charge >= 0.3 is 0 Å². The largest absolute Gasteiger partial charge is 0.494 e. The topological polar surface area (TPSA) is 323 Å². The molecule has 0 aromatic heterocycles. The highest BCUT2D eigenvalue weighted by molar-refractivity contribution is 5.86. The molecule has 710 valence electrons. The van der Waals surface area contributed by atoms with E-state index >= 15 is 0 Å². The molecular formula is C92H152N2O30. The lowest BCUT2D eigenvalue weighted by Crippen LogP contribution is -2.27. The van der Waals surface area contributed by atoms with E-state index in [-0.39, 0.29) is 17.7 Å².